The van der Waals surface area contributed by atoms with Gasteiger partial charge in [-0.3, -0.25) is 20.7 Å². The van der Waals surface area contributed by atoms with E-state index in [0.29, 0.717) is 23.8 Å². The van der Waals surface area contributed by atoms with Gasteiger partial charge in [0.2, 0.25) is 0 Å². The summed E-state index contributed by atoms with van der Waals surface area (Å²) in [7, 11) is 0. The first-order valence-corrected chi connectivity index (χ1v) is 10.1. The highest BCUT2D eigenvalue weighted by molar-refractivity contribution is 5.47. The number of nitrogens with zero attached hydrogens (tertiary/aromatic N) is 4. The summed E-state index contributed by atoms with van der Waals surface area (Å²) < 4.78 is 0. The van der Waals surface area contributed by atoms with Crippen LogP contribution in [0.4, 0.5) is 0 Å². The van der Waals surface area contributed by atoms with Crippen LogP contribution in [0.25, 0.3) is 11.5 Å². The minimum absolute atomic E-state index is 0.614. The topological polar surface area (TPSA) is 66.0 Å². The van der Waals surface area contributed by atoms with Crippen molar-refractivity contribution in [3.63, 3.8) is 0 Å². The van der Waals surface area contributed by atoms with Gasteiger partial charge in [0.25, 0.3) is 0 Å². The summed E-state index contributed by atoms with van der Waals surface area (Å²) in [5, 5.41) is 0. The monoisotopic (exact) mass is 366 g/mol. The molecule has 27 heavy (non-hydrogen) atoms. The highest BCUT2D eigenvalue weighted by Gasteiger charge is 2.33. The summed E-state index contributed by atoms with van der Waals surface area (Å²) in [6.45, 7) is 7.83. The molecule has 2 aliphatic rings. The van der Waals surface area contributed by atoms with Crippen molar-refractivity contribution in [3.05, 3.63) is 42.4 Å². The molecule has 0 saturated carbocycles. The molecule has 0 bridgehead atoms. The van der Waals surface area contributed by atoms with Crippen molar-refractivity contribution in [1.29, 1.82) is 0 Å². The summed E-state index contributed by atoms with van der Waals surface area (Å²) in [5.41, 5.74) is 9.03. The maximum atomic E-state index is 4.50. The van der Waals surface area contributed by atoms with E-state index in [2.05, 4.69) is 44.6 Å². The second-order valence-corrected chi connectivity index (χ2v) is 8.22. The third-order valence-corrected chi connectivity index (χ3v) is 5.97. The van der Waals surface area contributed by atoms with Gasteiger partial charge in [0, 0.05) is 42.8 Å². The predicted octanol–water partition coefficient (Wildman–Crippen LogP) is 2.64. The maximum absolute atomic E-state index is 4.50. The SMILES string of the molecule is CC(C)C1CC(C2CCN(Cc3cnc(-c4ccccn4)nc3)CC2)NN1. The fourth-order valence-electron chi connectivity index (χ4n) is 4.19. The van der Waals surface area contributed by atoms with Crippen LogP contribution in [0.5, 0.6) is 0 Å². The van der Waals surface area contributed by atoms with Crippen molar-refractivity contribution >= 4 is 0 Å². The van der Waals surface area contributed by atoms with Gasteiger partial charge in [-0.2, -0.15) is 0 Å². The summed E-state index contributed by atoms with van der Waals surface area (Å²) in [6.07, 6.45) is 9.44. The Morgan fingerprint density at radius 2 is 1.85 bits per heavy atom. The van der Waals surface area contributed by atoms with Crippen LogP contribution in [-0.2, 0) is 6.54 Å². The minimum Gasteiger partial charge on any atom is -0.299 e. The molecule has 144 valence electrons. The van der Waals surface area contributed by atoms with E-state index in [0.717, 1.165) is 31.2 Å². The lowest BCUT2D eigenvalue weighted by Gasteiger charge is -2.34. The Morgan fingerprint density at radius 3 is 2.48 bits per heavy atom. The Kier molecular flexibility index (Phi) is 5.76. The molecule has 2 aromatic heterocycles. The quantitative estimate of drug-likeness (QED) is 0.848. The van der Waals surface area contributed by atoms with Gasteiger partial charge < -0.3 is 0 Å². The molecule has 4 heterocycles. The molecule has 6 heteroatoms. The van der Waals surface area contributed by atoms with Crippen LogP contribution in [0, 0.1) is 11.8 Å². The number of hydrogen-bond donors (Lipinski definition) is 2. The molecule has 0 aromatic carbocycles. The third-order valence-electron chi connectivity index (χ3n) is 5.97. The number of pyridine rings is 1. The van der Waals surface area contributed by atoms with Gasteiger partial charge in [-0.25, -0.2) is 9.97 Å². The Morgan fingerprint density at radius 1 is 1.07 bits per heavy atom. The Labute approximate surface area is 161 Å². The zero-order valence-corrected chi connectivity index (χ0v) is 16.3. The number of nitrogens with one attached hydrogen (secondary N) is 2. The van der Waals surface area contributed by atoms with Crippen LogP contribution in [-0.4, -0.2) is 45.0 Å². The van der Waals surface area contributed by atoms with Gasteiger partial charge in [0.05, 0.1) is 0 Å². The number of piperidine rings is 1. The molecular formula is C21H30N6. The van der Waals surface area contributed by atoms with Crippen LogP contribution in [0.15, 0.2) is 36.8 Å². The maximum Gasteiger partial charge on any atom is 0.178 e. The Balaban J connectivity index is 1.27. The smallest absolute Gasteiger partial charge is 0.178 e. The molecule has 2 N–H and O–H groups in total. The molecule has 2 aromatic rings. The van der Waals surface area contributed by atoms with E-state index < -0.39 is 0 Å². The second-order valence-electron chi connectivity index (χ2n) is 8.22. The van der Waals surface area contributed by atoms with E-state index in [1.807, 2.05) is 30.6 Å². The lowest BCUT2D eigenvalue weighted by Crippen LogP contribution is -2.42. The zero-order chi connectivity index (χ0) is 18.6. The van der Waals surface area contributed by atoms with E-state index in [4.69, 9.17) is 0 Å². The standard InChI is InChI=1S/C21H30N6/c1-15(2)19-11-20(26-25-19)17-6-9-27(10-7-17)14-16-12-23-21(24-13-16)18-5-3-4-8-22-18/h3-5,8,12-13,15,17,19-20,25-26H,6-7,9-11,14H2,1-2H3. The molecule has 2 aliphatic heterocycles. The molecule has 6 nitrogen and oxygen atoms in total. The molecule has 0 spiro atoms. The van der Waals surface area contributed by atoms with Crippen molar-refractivity contribution in [2.24, 2.45) is 11.8 Å². The summed E-state index contributed by atoms with van der Waals surface area (Å²) in [6, 6.07) is 7.04. The molecule has 2 fully saturated rings. The highest BCUT2D eigenvalue weighted by Crippen LogP contribution is 2.27. The summed E-state index contributed by atoms with van der Waals surface area (Å²) in [5.74, 6) is 2.16. The summed E-state index contributed by atoms with van der Waals surface area (Å²) >= 11 is 0. The van der Waals surface area contributed by atoms with Gasteiger partial charge in [0.15, 0.2) is 5.82 Å². The van der Waals surface area contributed by atoms with E-state index in [1.165, 1.54) is 24.8 Å². The molecule has 0 radical (unpaired) electrons. The molecular weight excluding hydrogens is 336 g/mol. The largest absolute Gasteiger partial charge is 0.299 e. The fourth-order valence-corrected chi connectivity index (χ4v) is 4.19. The normalized spacial score (nSPS) is 24.6. The van der Waals surface area contributed by atoms with Gasteiger partial charge in [0.1, 0.15) is 5.69 Å². The molecule has 4 rings (SSSR count). The minimum atomic E-state index is 0.614. The number of likely N-dealkylation sites (tertiary alicyclic amines) is 1. The first kappa shape index (κ1) is 18.5. The fraction of sp³-hybridized carbons (Fsp3) is 0.571. The summed E-state index contributed by atoms with van der Waals surface area (Å²) in [4.78, 5) is 15.8. The van der Waals surface area contributed by atoms with E-state index in [-0.39, 0.29) is 0 Å². The van der Waals surface area contributed by atoms with Crippen molar-refractivity contribution < 1.29 is 0 Å². The van der Waals surface area contributed by atoms with Crippen LogP contribution in [0.2, 0.25) is 0 Å². The van der Waals surface area contributed by atoms with Gasteiger partial charge in [-0.15, -0.1) is 0 Å². The molecule has 0 amide bonds. The Hall–Kier alpha value is -1.89. The number of hydrazine groups is 1. The number of rotatable bonds is 5. The van der Waals surface area contributed by atoms with Crippen LogP contribution in [0.1, 0.15) is 38.7 Å². The molecule has 0 aliphatic carbocycles. The van der Waals surface area contributed by atoms with E-state index in [1.54, 1.807) is 6.20 Å². The second kappa shape index (κ2) is 8.42. The van der Waals surface area contributed by atoms with Gasteiger partial charge >= 0.3 is 0 Å². The number of hydrogen-bond acceptors (Lipinski definition) is 6. The first-order valence-electron chi connectivity index (χ1n) is 10.1. The third kappa shape index (κ3) is 4.51. The van der Waals surface area contributed by atoms with Gasteiger partial charge in [-0.05, 0) is 56.3 Å². The predicted molar refractivity (Wildman–Crippen MR) is 107 cm³/mol. The van der Waals surface area contributed by atoms with Crippen molar-refractivity contribution in [2.45, 2.75) is 51.7 Å². The van der Waals surface area contributed by atoms with Crippen molar-refractivity contribution in [3.8, 4) is 11.5 Å². The van der Waals surface area contributed by atoms with E-state index >= 15 is 0 Å². The van der Waals surface area contributed by atoms with E-state index in [9.17, 15) is 0 Å². The molecule has 2 atom stereocenters. The highest BCUT2D eigenvalue weighted by atomic mass is 15.4. The average Bonchev–Trinajstić information content (AvgIpc) is 3.20. The van der Waals surface area contributed by atoms with Crippen LogP contribution in [0.3, 0.4) is 0 Å². The lowest BCUT2D eigenvalue weighted by molar-refractivity contribution is 0.155. The van der Waals surface area contributed by atoms with Crippen molar-refractivity contribution in [1.82, 2.24) is 30.7 Å². The zero-order valence-electron chi connectivity index (χ0n) is 16.3. The average molecular weight is 367 g/mol. The number of aromatic nitrogens is 3. The molecule has 2 saturated heterocycles. The van der Waals surface area contributed by atoms with Crippen molar-refractivity contribution in [2.75, 3.05) is 13.1 Å². The Bertz CT molecular complexity index is 709. The van der Waals surface area contributed by atoms with Crippen LogP contribution < -0.4 is 10.9 Å². The van der Waals surface area contributed by atoms with Crippen LogP contribution >= 0.6 is 0 Å². The van der Waals surface area contributed by atoms with Gasteiger partial charge in [-0.1, -0.05) is 19.9 Å². The molecule has 2 unspecified atom stereocenters. The first-order chi connectivity index (χ1) is 13.2. The lowest BCUT2D eigenvalue weighted by atomic mass is 9.85.